The highest BCUT2D eigenvalue weighted by Crippen LogP contribution is 2.21. The molecule has 6 nitrogen and oxygen atoms in total. The van der Waals surface area contributed by atoms with Crippen molar-refractivity contribution in [2.45, 2.75) is 52.5 Å². The van der Waals surface area contributed by atoms with Crippen LogP contribution >= 0.6 is 0 Å². The predicted molar refractivity (Wildman–Crippen MR) is 82.8 cm³/mol. The number of hydrogen-bond donors (Lipinski definition) is 1. The number of nitrogens with zero attached hydrogens (tertiary/aromatic N) is 3. The Hall–Kier alpha value is -1.85. The molecule has 1 fully saturated rings. The number of likely N-dealkylation sites (tertiary alicyclic amines) is 1. The molecule has 0 aliphatic carbocycles. The Morgan fingerprint density at radius 3 is 2.68 bits per heavy atom. The SMILES string of the molecule is CCC(CC)n1nc(C(=O)N2CCCC(C(=O)O)C2)cc1C. The van der Waals surface area contributed by atoms with Crippen LogP contribution in [0, 0.1) is 12.8 Å². The zero-order valence-electron chi connectivity index (χ0n) is 13.6. The Bertz CT molecular complexity index is 549. The van der Waals surface area contributed by atoms with Crippen molar-refractivity contribution in [3.8, 4) is 0 Å². The number of hydrogen-bond acceptors (Lipinski definition) is 3. The van der Waals surface area contributed by atoms with Crippen molar-refractivity contribution in [3.05, 3.63) is 17.5 Å². The third kappa shape index (κ3) is 3.31. The van der Waals surface area contributed by atoms with E-state index in [4.69, 9.17) is 5.11 Å². The van der Waals surface area contributed by atoms with Gasteiger partial charge in [-0.25, -0.2) is 0 Å². The molecule has 1 amide bonds. The van der Waals surface area contributed by atoms with E-state index in [1.807, 2.05) is 17.7 Å². The fourth-order valence-electron chi connectivity index (χ4n) is 3.12. The van der Waals surface area contributed by atoms with Crippen molar-refractivity contribution in [2.24, 2.45) is 5.92 Å². The predicted octanol–water partition coefficient (Wildman–Crippen LogP) is 2.49. The van der Waals surface area contributed by atoms with E-state index >= 15 is 0 Å². The van der Waals surface area contributed by atoms with E-state index in [-0.39, 0.29) is 12.5 Å². The van der Waals surface area contributed by atoms with Crippen LogP contribution < -0.4 is 0 Å². The lowest BCUT2D eigenvalue weighted by Gasteiger charge is -2.30. The van der Waals surface area contributed by atoms with Crippen LogP contribution in [0.5, 0.6) is 0 Å². The Morgan fingerprint density at radius 2 is 2.09 bits per heavy atom. The van der Waals surface area contributed by atoms with Crippen molar-refractivity contribution in [3.63, 3.8) is 0 Å². The van der Waals surface area contributed by atoms with Gasteiger partial charge >= 0.3 is 5.97 Å². The summed E-state index contributed by atoms with van der Waals surface area (Å²) in [4.78, 5) is 25.3. The zero-order chi connectivity index (χ0) is 16.3. The molecule has 0 spiro atoms. The summed E-state index contributed by atoms with van der Waals surface area (Å²) in [6, 6.07) is 2.11. The normalized spacial score (nSPS) is 18.7. The molecule has 1 aliphatic rings. The van der Waals surface area contributed by atoms with Crippen molar-refractivity contribution < 1.29 is 14.7 Å². The van der Waals surface area contributed by atoms with Gasteiger partial charge in [0.05, 0.1) is 12.0 Å². The van der Waals surface area contributed by atoms with Crippen LogP contribution in [0.25, 0.3) is 0 Å². The van der Waals surface area contributed by atoms with E-state index in [9.17, 15) is 9.59 Å². The lowest BCUT2D eigenvalue weighted by atomic mass is 9.98. The molecule has 1 N–H and O–H groups in total. The minimum absolute atomic E-state index is 0.154. The summed E-state index contributed by atoms with van der Waals surface area (Å²) >= 11 is 0. The number of carboxylic acids is 1. The quantitative estimate of drug-likeness (QED) is 0.907. The molecule has 1 aromatic heterocycles. The smallest absolute Gasteiger partial charge is 0.308 e. The van der Waals surface area contributed by atoms with E-state index in [0.717, 1.165) is 25.0 Å². The molecule has 0 radical (unpaired) electrons. The van der Waals surface area contributed by atoms with Crippen LogP contribution in [0.15, 0.2) is 6.07 Å². The number of carbonyl (C=O) groups excluding carboxylic acids is 1. The highest BCUT2D eigenvalue weighted by atomic mass is 16.4. The van der Waals surface area contributed by atoms with Crippen molar-refractivity contribution in [1.82, 2.24) is 14.7 Å². The van der Waals surface area contributed by atoms with Gasteiger partial charge in [0, 0.05) is 18.8 Å². The van der Waals surface area contributed by atoms with Crippen molar-refractivity contribution in [2.75, 3.05) is 13.1 Å². The number of aryl methyl sites for hydroxylation is 1. The van der Waals surface area contributed by atoms with Crippen LogP contribution in [0.2, 0.25) is 0 Å². The van der Waals surface area contributed by atoms with Crippen molar-refractivity contribution >= 4 is 11.9 Å². The first-order valence-electron chi connectivity index (χ1n) is 8.06. The van der Waals surface area contributed by atoms with E-state index in [2.05, 4.69) is 18.9 Å². The number of aliphatic carboxylic acids is 1. The molecule has 1 aromatic rings. The van der Waals surface area contributed by atoms with Gasteiger partial charge in [-0.3, -0.25) is 14.3 Å². The third-order valence-corrected chi connectivity index (χ3v) is 4.49. The molecule has 1 unspecified atom stereocenters. The van der Waals surface area contributed by atoms with Crippen LogP contribution in [0.1, 0.15) is 61.8 Å². The fraction of sp³-hybridized carbons (Fsp3) is 0.688. The first-order valence-corrected chi connectivity index (χ1v) is 8.06. The van der Waals surface area contributed by atoms with E-state index < -0.39 is 11.9 Å². The van der Waals surface area contributed by atoms with Gasteiger partial charge in [0.1, 0.15) is 0 Å². The molecule has 1 aliphatic heterocycles. The van der Waals surface area contributed by atoms with Crippen LogP contribution in [0.4, 0.5) is 0 Å². The largest absolute Gasteiger partial charge is 0.481 e. The summed E-state index contributed by atoms with van der Waals surface area (Å²) < 4.78 is 1.92. The molecule has 2 rings (SSSR count). The number of rotatable bonds is 5. The van der Waals surface area contributed by atoms with E-state index in [0.29, 0.717) is 24.7 Å². The molecule has 122 valence electrons. The molecule has 6 heteroatoms. The lowest BCUT2D eigenvalue weighted by molar-refractivity contribution is -0.143. The van der Waals surface area contributed by atoms with Gasteiger partial charge in [0.2, 0.25) is 0 Å². The first-order chi connectivity index (χ1) is 10.5. The van der Waals surface area contributed by atoms with E-state index in [1.165, 1.54) is 0 Å². The number of amides is 1. The summed E-state index contributed by atoms with van der Waals surface area (Å²) in [6.45, 7) is 7.07. The Balaban J connectivity index is 2.16. The van der Waals surface area contributed by atoms with Crippen molar-refractivity contribution in [1.29, 1.82) is 0 Å². The zero-order valence-corrected chi connectivity index (χ0v) is 13.6. The number of carbonyl (C=O) groups is 2. The highest BCUT2D eigenvalue weighted by Gasteiger charge is 2.30. The minimum Gasteiger partial charge on any atom is -0.481 e. The molecule has 22 heavy (non-hydrogen) atoms. The lowest BCUT2D eigenvalue weighted by Crippen LogP contribution is -2.42. The van der Waals surface area contributed by atoms with E-state index in [1.54, 1.807) is 4.90 Å². The third-order valence-electron chi connectivity index (χ3n) is 4.49. The minimum atomic E-state index is -0.823. The molecule has 2 heterocycles. The van der Waals surface area contributed by atoms with Gasteiger partial charge in [0.15, 0.2) is 5.69 Å². The average Bonchev–Trinajstić information content (AvgIpc) is 2.90. The number of piperidine rings is 1. The second-order valence-corrected chi connectivity index (χ2v) is 6.01. The van der Waals surface area contributed by atoms with Crippen LogP contribution in [0.3, 0.4) is 0 Å². The van der Waals surface area contributed by atoms with Crippen LogP contribution in [-0.2, 0) is 4.79 Å². The van der Waals surface area contributed by atoms with Gasteiger partial charge in [0.25, 0.3) is 5.91 Å². The van der Waals surface area contributed by atoms with Gasteiger partial charge in [-0.2, -0.15) is 5.10 Å². The topological polar surface area (TPSA) is 75.4 Å². The van der Waals surface area contributed by atoms with Gasteiger partial charge in [-0.1, -0.05) is 13.8 Å². The Kier molecular flexibility index (Phi) is 5.21. The molecular formula is C16H25N3O3. The summed E-state index contributed by atoms with van der Waals surface area (Å²) in [5.41, 5.74) is 1.40. The maximum Gasteiger partial charge on any atom is 0.308 e. The molecule has 1 atom stereocenters. The second-order valence-electron chi connectivity index (χ2n) is 6.01. The Labute approximate surface area is 131 Å². The molecule has 0 bridgehead atoms. The monoisotopic (exact) mass is 307 g/mol. The van der Waals surface area contributed by atoms with Gasteiger partial charge in [-0.15, -0.1) is 0 Å². The molecule has 0 aromatic carbocycles. The summed E-state index contributed by atoms with van der Waals surface area (Å²) in [5.74, 6) is -1.44. The highest BCUT2D eigenvalue weighted by molar-refractivity contribution is 5.92. The van der Waals surface area contributed by atoms with Crippen LogP contribution in [-0.4, -0.2) is 44.8 Å². The van der Waals surface area contributed by atoms with Gasteiger partial charge < -0.3 is 10.0 Å². The number of aromatic nitrogens is 2. The maximum absolute atomic E-state index is 12.6. The summed E-state index contributed by atoms with van der Waals surface area (Å²) in [5, 5.41) is 13.6. The summed E-state index contributed by atoms with van der Waals surface area (Å²) in [6.07, 6.45) is 3.31. The Morgan fingerprint density at radius 1 is 1.41 bits per heavy atom. The average molecular weight is 307 g/mol. The second kappa shape index (κ2) is 6.94. The standard InChI is InChI=1S/C16H25N3O3/c1-4-13(5-2)19-11(3)9-14(17-19)15(20)18-8-6-7-12(10-18)16(21)22/h9,12-13H,4-8,10H2,1-3H3,(H,21,22). The molecule has 1 saturated heterocycles. The maximum atomic E-state index is 12.6. The fourth-order valence-corrected chi connectivity index (χ4v) is 3.12. The molecular weight excluding hydrogens is 282 g/mol. The summed E-state index contributed by atoms with van der Waals surface area (Å²) in [7, 11) is 0. The van der Waals surface area contributed by atoms with Gasteiger partial charge in [-0.05, 0) is 38.7 Å². The molecule has 0 saturated carbocycles. The first kappa shape index (κ1) is 16.5. The number of carboxylic acid groups (broad SMARTS) is 1.